The zero-order chi connectivity index (χ0) is 20.7. The van der Waals surface area contributed by atoms with Gasteiger partial charge in [0.1, 0.15) is 5.69 Å². The number of phenolic OH excluding ortho intramolecular Hbond substituents is 1. The molecule has 0 bridgehead atoms. The number of methoxy groups -OCH3 is 1. The second-order valence-electron chi connectivity index (χ2n) is 7.07. The van der Waals surface area contributed by atoms with E-state index in [-0.39, 0.29) is 11.7 Å². The molecule has 2 heterocycles. The van der Waals surface area contributed by atoms with Crippen LogP contribution in [0.5, 0.6) is 11.5 Å². The summed E-state index contributed by atoms with van der Waals surface area (Å²) in [4.78, 5) is 15.2. The summed E-state index contributed by atoms with van der Waals surface area (Å²) in [6, 6.07) is 24.1. The minimum atomic E-state index is -0.418. The van der Waals surface area contributed by atoms with Gasteiger partial charge in [0.2, 0.25) is 0 Å². The number of hydrogen-bond acceptors (Lipinski definition) is 4. The van der Waals surface area contributed by atoms with E-state index in [0.717, 1.165) is 28.1 Å². The summed E-state index contributed by atoms with van der Waals surface area (Å²) in [5.74, 6) is 0.252. The van der Waals surface area contributed by atoms with Crippen molar-refractivity contribution in [1.29, 1.82) is 0 Å². The van der Waals surface area contributed by atoms with Crippen LogP contribution in [0.1, 0.15) is 27.7 Å². The summed E-state index contributed by atoms with van der Waals surface area (Å²) in [6.07, 6.45) is 0. The van der Waals surface area contributed by atoms with Gasteiger partial charge in [-0.1, -0.05) is 54.6 Å². The second kappa shape index (κ2) is 7.08. The van der Waals surface area contributed by atoms with Crippen LogP contribution in [0.15, 0.2) is 78.9 Å². The molecule has 0 saturated carbocycles. The molecule has 30 heavy (non-hydrogen) atoms. The van der Waals surface area contributed by atoms with E-state index in [1.54, 1.807) is 17.0 Å². The highest BCUT2D eigenvalue weighted by Gasteiger charge is 2.43. The van der Waals surface area contributed by atoms with Gasteiger partial charge in [0.05, 0.1) is 18.8 Å². The second-order valence-corrected chi connectivity index (χ2v) is 7.07. The van der Waals surface area contributed by atoms with Gasteiger partial charge in [-0.3, -0.25) is 14.8 Å². The molecule has 2 N–H and O–H groups in total. The molecular weight excluding hydrogens is 378 g/mol. The summed E-state index contributed by atoms with van der Waals surface area (Å²) in [6.45, 7) is 0. The summed E-state index contributed by atoms with van der Waals surface area (Å²) in [5, 5.41) is 17.5. The highest BCUT2D eigenvalue weighted by atomic mass is 16.5. The minimum absolute atomic E-state index is 0.0486. The number of ether oxygens (including phenoxy) is 1. The molecule has 4 aromatic rings. The van der Waals surface area contributed by atoms with Crippen molar-refractivity contribution >= 4 is 11.6 Å². The Kier molecular flexibility index (Phi) is 4.25. The fourth-order valence-corrected chi connectivity index (χ4v) is 4.00. The topological polar surface area (TPSA) is 78.5 Å². The number of nitrogens with zero attached hydrogens (tertiary/aromatic N) is 2. The maximum absolute atomic E-state index is 13.4. The van der Waals surface area contributed by atoms with Gasteiger partial charge < -0.3 is 9.84 Å². The van der Waals surface area contributed by atoms with Crippen molar-refractivity contribution in [1.82, 2.24) is 10.2 Å². The molecule has 6 nitrogen and oxygen atoms in total. The van der Waals surface area contributed by atoms with Crippen LogP contribution in [-0.2, 0) is 0 Å². The molecule has 148 valence electrons. The van der Waals surface area contributed by atoms with Crippen LogP contribution in [0.2, 0.25) is 0 Å². The number of rotatable bonds is 4. The summed E-state index contributed by atoms with van der Waals surface area (Å²) >= 11 is 0. The Hall–Kier alpha value is -4.06. The number of para-hydroxylation sites is 1. The Bertz CT molecular complexity index is 1220. The van der Waals surface area contributed by atoms with Gasteiger partial charge in [-0.05, 0) is 29.8 Å². The number of H-pyrrole nitrogens is 1. The predicted molar refractivity (Wildman–Crippen MR) is 114 cm³/mol. The average molecular weight is 397 g/mol. The molecule has 0 radical (unpaired) electrons. The first-order valence-electron chi connectivity index (χ1n) is 9.58. The SMILES string of the molecule is COc1cc([C@@H]2c3c(-c4ccccc4)n[nH]c3C(=O)N2c2ccccc2)ccc1O. The molecule has 0 fully saturated rings. The quantitative estimate of drug-likeness (QED) is 0.530. The zero-order valence-corrected chi connectivity index (χ0v) is 16.2. The minimum Gasteiger partial charge on any atom is -0.504 e. The van der Waals surface area contributed by atoms with E-state index in [0.29, 0.717) is 11.4 Å². The first-order valence-corrected chi connectivity index (χ1v) is 9.58. The third-order valence-electron chi connectivity index (χ3n) is 5.37. The standard InChI is InChI=1S/C24H19N3O3/c1-30-19-14-16(12-13-18(19)28)23-20-21(15-8-4-2-5-9-15)25-26-22(20)24(29)27(23)17-10-6-3-7-11-17/h2-14,23,28H,1H3,(H,25,26)/t23-/m1/s1. The number of fused-ring (bicyclic) bond motifs is 1. The number of carbonyl (C=O) groups excluding carboxylic acids is 1. The Labute approximate surface area is 173 Å². The van der Waals surface area contributed by atoms with E-state index in [2.05, 4.69) is 10.2 Å². The highest BCUT2D eigenvalue weighted by molar-refractivity contribution is 6.11. The smallest absolute Gasteiger partial charge is 0.277 e. The van der Waals surface area contributed by atoms with Crippen molar-refractivity contribution in [2.24, 2.45) is 0 Å². The molecule has 1 atom stereocenters. The number of aromatic hydroxyl groups is 1. The van der Waals surface area contributed by atoms with Crippen LogP contribution >= 0.6 is 0 Å². The number of anilines is 1. The maximum atomic E-state index is 13.4. The third-order valence-corrected chi connectivity index (χ3v) is 5.37. The lowest BCUT2D eigenvalue weighted by Crippen LogP contribution is -2.29. The lowest BCUT2D eigenvalue weighted by molar-refractivity contribution is 0.0988. The fourth-order valence-electron chi connectivity index (χ4n) is 4.00. The number of aromatic amines is 1. The van der Waals surface area contributed by atoms with Gasteiger partial charge >= 0.3 is 0 Å². The molecule has 1 aliphatic rings. The lowest BCUT2D eigenvalue weighted by Gasteiger charge is -2.26. The molecule has 3 aromatic carbocycles. The number of amides is 1. The van der Waals surface area contributed by atoms with E-state index in [1.165, 1.54) is 7.11 Å². The maximum Gasteiger partial charge on any atom is 0.277 e. The number of benzene rings is 3. The Balaban J connectivity index is 1.75. The van der Waals surface area contributed by atoms with Gasteiger partial charge in [-0.15, -0.1) is 0 Å². The van der Waals surface area contributed by atoms with E-state index >= 15 is 0 Å². The average Bonchev–Trinajstić information content (AvgIpc) is 3.34. The van der Waals surface area contributed by atoms with E-state index in [9.17, 15) is 9.90 Å². The molecule has 0 saturated heterocycles. The molecule has 6 heteroatoms. The Morgan fingerprint density at radius 1 is 1.00 bits per heavy atom. The fraction of sp³-hybridized carbons (Fsp3) is 0.0833. The first kappa shape index (κ1) is 18.0. The molecular formula is C24H19N3O3. The first-order chi connectivity index (χ1) is 14.7. The van der Waals surface area contributed by atoms with Gasteiger partial charge in [0.15, 0.2) is 11.5 Å². The van der Waals surface area contributed by atoms with Crippen molar-refractivity contribution in [2.45, 2.75) is 6.04 Å². The number of aromatic nitrogens is 2. The third kappa shape index (κ3) is 2.73. The zero-order valence-electron chi connectivity index (χ0n) is 16.2. The van der Waals surface area contributed by atoms with E-state index in [4.69, 9.17) is 4.74 Å². The van der Waals surface area contributed by atoms with Crippen LogP contribution in [0.4, 0.5) is 5.69 Å². The van der Waals surface area contributed by atoms with E-state index < -0.39 is 6.04 Å². The molecule has 1 aromatic heterocycles. The van der Waals surface area contributed by atoms with Crippen LogP contribution in [0.25, 0.3) is 11.3 Å². The van der Waals surface area contributed by atoms with Gasteiger partial charge in [-0.2, -0.15) is 5.10 Å². The normalized spacial score (nSPS) is 15.3. The van der Waals surface area contributed by atoms with Gasteiger partial charge in [0, 0.05) is 16.8 Å². The molecule has 0 spiro atoms. The molecule has 1 amide bonds. The van der Waals surface area contributed by atoms with Crippen LogP contribution in [0.3, 0.4) is 0 Å². The molecule has 0 unspecified atom stereocenters. The van der Waals surface area contributed by atoms with E-state index in [1.807, 2.05) is 66.7 Å². The van der Waals surface area contributed by atoms with Crippen molar-refractivity contribution in [3.05, 3.63) is 95.7 Å². The Morgan fingerprint density at radius 3 is 2.40 bits per heavy atom. The molecule has 5 rings (SSSR count). The van der Waals surface area contributed by atoms with Gasteiger partial charge in [-0.25, -0.2) is 0 Å². The van der Waals surface area contributed by atoms with Crippen molar-refractivity contribution in [3.63, 3.8) is 0 Å². The van der Waals surface area contributed by atoms with Crippen molar-refractivity contribution < 1.29 is 14.6 Å². The molecule has 1 aliphatic heterocycles. The van der Waals surface area contributed by atoms with Crippen LogP contribution in [0, 0.1) is 0 Å². The number of carbonyl (C=O) groups is 1. The van der Waals surface area contributed by atoms with Crippen molar-refractivity contribution in [3.8, 4) is 22.8 Å². The highest BCUT2D eigenvalue weighted by Crippen LogP contribution is 2.46. The number of hydrogen-bond donors (Lipinski definition) is 2. The Morgan fingerprint density at radius 2 is 1.70 bits per heavy atom. The predicted octanol–water partition coefficient (Wildman–Crippen LogP) is 4.54. The summed E-state index contributed by atoms with van der Waals surface area (Å²) < 4.78 is 5.32. The van der Waals surface area contributed by atoms with Crippen LogP contribution < -0.4 is 9.64 Å². The van der Waals surface area contributed by atoms with Crippen molar-refractivity contribution in [2.75, 3.05) is 12.0 Å². The van der Waals surface area contributed by atoms with Gasteiger partial charge in [0.25, 0.3) is 5.91 Å². The monoisotopic (exact) mass is 397 g/mol. The number of nitrogens with one attached hydrogen (secondary N) is 1. The largest absolute Gasteiger partial charge is 0.504 e. The summed E-state index contributed by atoms with van der Waals surface area (Å²) in [7, 11) is 1.51. The van der Waals surface area contributed by atoms with Crippen LogP contribution in [-0.4, -0.2) is 28.3 Å². The number of phenols is 1. The summed E-state index contributed by atoms with van der Waals surface area (Å²) in [5.41, 5.74) is 4.53. The molecule has 0 aliphatic carbocycles. The lowest BCUT2D eigenvalue weighted by atomic mass is 9.95.